The van der Waals surface area contributed by atoms with Crippen LogP contribution in [-0.2, 0) is 6.54 Å². The van der Waals surface area contributed by atoms with Gasteiger partial charge in [-0.3, -0.25) is 9.69 Å². The fourth-order valence-electron chi connectivity index (χ4n) is 3.32. The molecule has 3 aromatic rings. The van der Waals surface area contributed by atoms with Crippen molar-refractivity contribution >= 4 is 28.9 Å². The second kappa shape index (κ2) is 9.17. The predicted molar refractivity (Wildman–Crippen MR) is 117 cm³/mol. The van der Waals surface area contributed by atoms with Crippen molar-refractivity contribution in [2.45, 2.75) is 6.54 Å². The van der Waals surface area contributed by atoms with Crippen LogP contribution in [0.3, 0.4) is 0 Å². The van der Waals surface area contributed by atoms with Gasteiger partial charge in [0, 0.05) is 54.9 Å². The van der Waals surface area contributed by atoms with E-state index < -0.39 is 5.97 Å². The Hall–Kier alpha value is -3.07. The van der Waals surface area contributed by atoms with E-state index in [9.17, 15) is 9.59 Å². The Kier molecular flexibility index (Phi) is 6.18. The molecule has 1 aliphatic heterocycles. The van der Waals surface area contributed by atoms with Gasteiger partial charge in [0.1, 0.15) is 0 Å². The second-order valence-corrected chi connectivity index (χ2v) is 7.96. The SMILES string of the molecule is O=C(Nc1ccc(CN2CCNCC2)cc1)c1ccc(-c2csc(C(=O)O)n2)cc1. The van der Waals surface area contributed by atoms with E-state index in [1.807, 2.05) is 24.3 Å². The number of thiazole rings is 1. The van der Waals surface area contributed by atoms with Gasteiger partial charge in [0.2, 0.25) is 5.01 Å². The van der Waals surface area contributed by atoms with E-state index in [0.29, 0.717) is 11.3 Å². The minimum atomic E-state index is -1.04. The molecule has 0 aliphatic carbocycles. The van der Waals surface area contributed by atoms with Gasteiger partial charge in [-0.15, -0.1) is 11.3 Å². The van der Waals surface area contributed by atoms with E-state index in [1.165, 1.54) is 5.56 Å². The third kappa shape index (κ3) is 4.91. The lowest BCUT2D eigenvalue weighted by Crippen LogP contribution is -2.42. The highest BCUT2D eigenvalue weighted by molar-refractivity contribution is 7.11. The van der Waals surface area contributed by atoms with Crippen molar-refractivity contribution in [2.24, 2.45) is 0 Å². The van der Waals surface area contributed by atoms with Crippen molar-refractivity contribution < 1.29 is 14.7 Å². The molecule has 1 saturated heterocycles. The normalized spacial score (nSPS) is 14.4. The zero-order valence-corrected chi connectivity index (χ0v) is 17.1. The number of hydrogen-bond donors (Lipinski definition) is 3. The van der Waals surface area contributed by atoms with Gasteiger partial charge in [-0.2, -0.15) is 0 Å². The molecule has 30 heavy (non-hydrogen) atoms. The first-order valence-electron chi connectivity index (χ1n) is 9.71. The number of amides is 1. The minimum absolute atomic E-state index is 0.0484. The maximum atomic E-state index is 12.5. The third-order valence-electron chi connectivity index (χ3n) is 4.96. The zero-order valence-electron chi connectivity index (χ0n) is 16.3. The standard InChI is InChI=1S/C22H22N4O3S/c27-20(17-5-3-16(4-6-17)19-14-30-21(25-19)22(28)29)24-18-7-1-15(2-8-18)13-26-11-9-23-10-12-26/h1-8,14,23H,9-13H2,(H,24,27)(H,28,29). The zero-order chi connectivity index (χ0) is 20.9. The van der Waals surface area contributed by atoms with E-state index in [-0.39, 0.29) is 10.9 Å². The number of carbonyl (C=O) groups is 2. The van der Waals surface area contributed by atoms with Crippen molar-refractivity contribution in [2.75, 3.05) is 31.5 Å². The molecule has 1 amide bonds. The van der Waals surface area contributed by atoms with Crippen LogP contribution in [0.1, 0.15) is 25.7 Å². The number of anilines is 1. The molecule has 3 N–H and O–H groups in total. The van der Waals surface area contributed by atoms with E-state index in [0.717, 1.165) is 55.3 Å². The van der Waals surface area contributed by atoms with Crippen molar-refractivity contribution in [3.05, 3.63) is 70.0 Å². The van der Waals surface area contributed by atoms with E-state index in [2.05, 4.69) is 20.5 Å². The molecule has 0 bridgehead atoms. The van der Waals surface area contributed by atoms with Crippen LogP contribution in [0.2, 0.25) is 0 Å². The number of carbonyl (C=O) groups excluding carboxylic acids is 1. The Bertz CT molecular complexity index is 1030. The van der Waals surface area contributed by atoms with Crippen LogP contribution in [0, 0.1) is 0 Å². The topological polar surface area (TPSA) is 94.6 Å². The molecule has 8 heteroatoms. The average Bonchev–Trinajstić information content (AvgIpc) is 3.27. The van der Waals surface area contributed by atoms with Crippen molar-refractivity contribution in [1.82, 2.24) is 15.2 Å². The Balaban J connectivity index is 1.36. The Morgan fingerprint density at radius 3 is 2.40 bits per heavy atom. The summed E-state index contributed by atoms with van der Waals surface area (Å²) >= 11 is 1.08. The number of rotatable bonds is 6. The van der Waals surface area contributed by atoms with Gasteiger partial charge in [-0.05, 0) is 29.8 Å². The molecule has 1 aromatic heterocycles. The summed E-state index contributed by atoms with van der Waals surface area (Å²) < 4.78 is 0. The first-order valence-corrected chi connectivity index (χ1v) is 10.6. The van der Waals surface area contributed by atoms with Gasteiger partial charge in [-0.25, -0.2) is 9.78 Å². The lowest BCUT2D eigenvalue weighted by Gasteiger charge is -2.27. The largest absolute Gasteiger partial charge is 0.476 e. The summed E-state index contributed by atoms with van der Waals surface area (Å²) in [7, 11) is 0. The number of carboxylic acid groups (broad SMARTS) is 1. The van der Waals surface area contributed by atoms with Crippen molar-refractivity contribution in [3.8, 4) is 11.3 Å². The van der Waals surface area contributed by atoms with Crippen LogP contribution in [0.15, 0.2) is 53.9 Å². The molecule has 2 heterocycles. The maximum Gasteiger partial charge on any atom is 0.365 e. The Morgan fingerprint density at radius 2 is 1.77 bits per heavy atom. The van der Waals surface area contributed by atoms with Gasteiger partial charge >= 0.3 is 5.97 Å². The first kappa shape index (κ1) is 20.2. The van der Waals surface area contributed by atoms with Crippen LogP contribution in [-0.4, -0.2) is 53.0 Å². The number of aromatic carboxylic acids is 1. The number of aromatic nitrogens is 1. The quantitative estimate of drug-likeness (QED) is 0.565. The Morgan fingerprint density at radius 1 is 1.07 bits per heavy atom. The van der Waals surface area contributed by atoms with Gasteiger partial charge < -0.3 is 15.7 Å². The first-order chi connectivity index (χ1) is 14.6. The molecule has 4 rings (SSSR count). The fourth-order valence-corrected chi connectivity index (χ4v) is 3.99. The van der Waals surface area contributed by atoms with Crippen LogP contribution >= 0.6 is 11.3 Å². The molecule has 1 fully saturated rings. The summed E-state index contributed by atoms with van der Waals surface area (Å²) in [6.45, 7) is 5.06. The van der Waals surface area contributed by atoms with Crippen molar-refractivity contribution in [1.29, 1.82) is 0 Å². The lowest BCUT2D eigenvalue weighted by molar-refractivity contribution is 0.0696. The number of hydrogen-bond acceptors (Lipinski definition) is 6. The summed E-state index contributed by atoms with van der Waals surface area (Å²) in [6, 6.07) is 14.9. The molecule has 7 nitrogen and oxygen atoms in total. The number of piperazine rings is 1. The van der Waals surface area contributed by atoms with Gasteiger partial charge in [0.15, 0.2) is 0 Å². The summed E-state index contributed by atoms with van der Waals surface area (Å²) in [4.78, 5) is 30.0. The molecule has 2 aromatic carbocycles. The molecule has 0 saturated carbocycles. The molecule has 0 spiro atoms. The van der Waals surface area contributed by atoms with E-state index in [1.54, 1.807) is 29.6 Å². The molecular weight excluding hydrogens is 400 g/mol. The summed E-state index contributed by atoms with van der Waals surface area (Å²) in [5.74, 6) is -1.23. The van der Waals surface area contributed by atoms with Gasteiger partial charge in [0.05, 0.1) is 5.69 Å². The average molecular weight is 423 g/mol. The lowest BCUT2D eigenvalue weighted by atomic mass is 10.1. The second-order valence-electron chi connectivity index (χ2n) is 7.10. The highest BCUT2D eigenvalue weighted by Crippen LogP contribution is 2.23. The summed E-state index contributed by atoms with van der Waals surface area (Å²) in [5.41, 5.74) is 3.86. The molecular formula is C22H22N4O3S. The van der Waals surface area contributed by atoms with Crippen LogP contribution in [0.4, 0.5) is 5.69 Å². The number of nitrogens with one attached hydrogen (secondary N) is 2. The fraction of sp³-hybridized carbons (Fsp3) is 0.227. The smallest absolute Gasteiger partial charge is 0.365 e. The Labute approximate surface area is 178 Å². The van der Waals surface area contributed by atoms with E-state index >= 15 is 0 Å². The van der Waals surface area contributed by atoms with Gasteiger partial charge in [0.25, 0.3) is 5.91 Å². The third-order valence-corrected chi connectivity index (χ3v) is 5.79. The molecule has 1 aliphatic rings. The number of nitrogens with zero attached hydrogens (tertiary/aromatic N) is 2. The predicted octanol–water partition coefficient (Wildman–Crippen LogP) is 3.17. The van der Waals surface area contributed by atoms with Crippen LogP contribution < -0.4 is 10.6 Å². The molecule has 0 radical (unpaired) electrons. The highest BCUT2D eigenvalue weighted by atomic mass is 32.1. The monoisotopic (exact) mass is 422 g/mol. The van der Waals surface area contributed by atoms with Gasteiger partial charge in [-0.1, -0.05) is 24.3 Å². The minimum Gasteiger partial charge on any atom is -0.476 e. The number of carboxylic acids is 1. The van der Waals surface area contributed by atoms with E-state index in [4.69, 9.17) is 5.11 Å². The van der Waals surface area contributed by atoms with Crippen LogP contribution in [0.5, 0.6) is 0 Å². The molecule has 0 atom stereocenters. The maximum absolute atomic E-state index is 12.5. The van der Waals surface area contributed by atoms with Crippen molar-refractivity contribution in [3.63, 3.8) is 0 Å². The number of benzene rings is 2. The molecule has 154 valence electrons. The van der Waals surface area contributed by atoms with Crippen LogP contribution in [0.25, 0.3) is 11.3 Å². The summed E-state index contributed by atoms with van der Waals surface area (Å²) in [6.07, 6.45) is 0. The highest BCUT2D eigenvalue weighted by Gasteiger charge is 2.12. The molecule has 0 unspecified atom stereocenters. The summed E-state index contributed by atoms with van der Waals surface area (Å²) in [5, 5.41) is 17.0.